The monoisotopic (exact) mass is 368 g/mol. The first kappa shape index (κ1) is 16.7. The van der Waals surface area contributed by atoms with Gasteiger partial charge in [0.25, 0.3) is 5.91 Å². The summed E-state index contributed by atoms with van der Waals surface area (Å²) >= 11 is 1.53. The number of anilines is 1. The Morgan fingerprint density at radius 1 is 1.15 bits per heavy atom. The van der Waals surface area contributed by atoms with Crippen LogP contribution in [0.25, 0.3) is 5.69 Å². The molecular formula is C18H20N6OS. The van der Waals surface area contributed by atoms with Crippen LogP contribution < -0.4 is 10.2 Å². The lowest BCUT2D eigenvalue weighted by Gasteiger charge is -2.32. The molecule has 8 heteroatoms. The Balaban J connectivity index is 1.39. The van der Waals surface area contributed by atoms with Gasteiger partial charge in [0, 0.05) is 24.0 Å². The molecule has 1 saturated heterocycles. The molecule has 1 aliphatic rings. The first-order valence-corrected chi connectivity index (χ1v) is 9.48. The van der Waals surface area contributed by atoms with Crippen molar-refractivity contribution in [2.75, 3.05) is 18.0 Å². The van der Waals surface area contributed by atoms with Gasteiger partial charge in [-0.05, 0) is 54.5 Å². The molecule has 0 spiro atoms. The highest BCUT2D eigenvalue weighted by Crippen LogP contribution is 2.21. The maximum absolute atomic E-state index is 12.3. The van der Waals surface area contributed by atoms with Crippen LogP contribution in [0.5, 0.6) is 0 Å². The summed E-state index contributed by atoms with van der Waals surface area (Å²) in [7, 11) is 0. The lowest BCUT2D eigenvalue weighted by molar-refractivity contribution is 0.0935. The van der Waals surface area contributed by atoms with Crippen molar-refractivity contribution in [1.82, 2.24) is 25.5 Å². The van der Waals surface area contributed by atoms with E-state index in [4.69, 9.17) is 0 Å². The smallest absolute Gasteiger partial charge is 0.261 e. The van der Waals surface area contributed by atoms with Crippen LogP contribution in [-0.4, -0.2) is 45.2 Å². The molecule has 1 aromatic carbocycles. The summed E-state index contributed by atoms with van der Waals surface area (Å²) < 4.78 is 1.76. The summed E-state index contributed by atoms with van der Waals surface area (Å²) in [6, 6.07) is 13.9. The van der Waals surface area contributed by atoms with Crippen LogP contribution in [0.1, 0.15) is 27.4 Å². The molecule has 0 radical (unpaired) electrons. The van der Waals surface area contributed by atoms with Gasteiger partial charge in [0.05, 0.1) is 10.6 Å². The number of benzene rings is 1. The van der Waals surface area contributed by atoms with Crippen molar-refractivity contribution in [2.24, 2.45) is 0 Å². The third kappa shape index (κ3) is 3.45. The van der Waals surface area contributed by atoms with Crippen LogP contribution in [0.2, 0.25) is 0 Å². The number of nitrogens with one attached hydrogen (secondary N) is 1. The first-order valence-electron chi connectivity index (χ1n) is 8.67. The molecule has 7 nitrogen and oxygen atoms in total. The summed E-state index contributed by atoms with van der Waals surface area (Å²) in [4.78, 5) is 16.4. The fourth-order valence-corrected chi connectivity index (χ4v) is 3.92. The van der Waals surface area contributed by atoms with Crippen LogP contribution in [0.15, 0.2) is 42.5 Å². The van der Waals surface area contributed by atoms with E-state index in [1.165, 1.54) is 11.3 Å². The molecule has 2 aromatic heterocycles. The van der Waals surface area contributed by atoms with Gasteiger partial charge in [-0.2, -0.15) is 4.68 Å². The third-order valence-corrected chi connectivity index (χ3v) is 5.53. The van der Waals surface area contributed by atoms with Crippen LogP contribution in [-0.2, 0) is 0 Å². The van der Waals surface area contributed by atoms with Gasteiger partial charge in [-0.25, -0.2) is 0 Å². The number of aromatic nitrogens is 4. The second-order valence-corrected chi connectivity index (χ2v) is 7.66. The quantitative estimate of drug-likeness (QED) is 0.765. The Labute approximate surface area is 155 Å². The molecule has 1 aliphatic heterocycles. The van der Waals surface area contributed by atoms with Gasteiger partial charge >= 0.3 is 0 Å². The molecule has 4 rings (SSSR count). The number of aryl methyl sites for hydroxylation is 1. The van der Waals surface area contributed by atoms with Gasteiger partial charge in [-0.3, -0.25) is 4.79 Å². The van der Waals surface area contributed by atoms with Gasteiger partial charge in [-0.1, -0.05) is 23.3 Å². The molecule has 134 valence electrons. The Bertz CT molecular complexity index is 882. The Morgan fingerprint density at radius 2 is 1.92 bits per heavy atom. The van der Waals surface area contributed by atoms with E-state index in [1.54, 1.807) is 4.68 Å². The number of thiophene rings is 1. The standard InChI is InChI=1S/C18H20N6OS/c1-13-7-8-16(26-13)17(25)19-14-9-11-23(12-10-14)18-20-21-22-24(18)15-5-3-2-4-6-15/h2-8,14H,9-12H2,1H3,(H,19,25). The number of para-hydroxylation sites is 1. The number of piperidine rings is 1. The molecule has 0 aliphatic carbocycles. The average molecular weight is 368 g/mol. The molecule has 0 saturated carbocycles. The summed E-state index contributed by atoms with van der Waals surface area (Å²) in [6.07, 6.45) is 1.75. The Hall–Kier alpha value is -2.74. The average Bonchev–Trinajstić information content (AvgIpc) is 3.32. The summed E-state index contributed by atoms with van der Waals surface area (Å²) in [6.45, 7) is 3.63. The molecule has 0 unspecified atom stereocenters. The second kappa shape index (κ2) is 7.25. The molecular weight excluding hydrogens is 348 g/mol. The largest absolute Gasteiger partial charge is 0.348 e. The predicted molar refractivity (Wildman–Crippen MR) is 101 cm³/mol. The Kier molecular flexibility index (Phi) is 4.66. The summed E-state index contributed by atoms with van der Waals surface area (Å²) in [5, 5.41) is 15.3. The number of carbonyl (C=O) groups excluding carboxylic acids is 1. The molecule has 1 N–H and O–H groups in total. The SMILES string of the molecule is Cc1ccc(C(=O)NC2CCN(c3nnnn3-c3ccccc3)CC2)s1. The van der Waals surface area contributed by atoms with E-state index in [2.05, 4.69) is 25.7 Å². The molecule has 0 bridgehead atoms. The van der Waals surface area contributed by atoms with Crippen LogP contribution in [0.4, 0.5) is 5.95 Å². The maximum Gasteiger partial charge on any atom is 0.261 e. The molecule has 3 heterocycles. The van der Waals surface area contributed by atoms with Crippen molar-refractivity contribution in [2.45, 2.75) is 25.8 Å². The van der Waals surface area contributed by atoms with Crippen molar-refractivity contribution >= 4 is 23.2 Å². The van der Waals surface area contributed by atoms with E-state index < -0.39 is 0 Å². The number of rotatable bonds is 4. The number of tetrazole rings is 1. The molecule has 0 atom stereocenters. The zero-order valence-corrected chi connectivity index (χ0v) is 15.3. The maximum atomic E-state index is 12.3. The second-order valence-electron chi connectivity index (χ2n) is 6.37. The summed E-state index contributed by atoms with van der Waals surface area (Å²) in [5.74, 6) is 0.769. The van der Waals surface area contributed by atoms with Gasteiger partial charge < -0.3 is 10.2 Å². The number of hydrogen-bond acceptors (Lipinski definition) is 6. The van der Waals surface area contributed by atoms with Gasteiger partial charge in [0.1, 0.15) is 0 Å². The van der Waals surface area contributed by atoms with Crippen molar-refractivity contribution in [1.29, 1.82) is 0 Å². The molecule has 3 aromatic rings. The van der Waals surface area contributed by atoms with E-state index in [1.807, 2.05) is 49.4 Å². The van der Waals surface area contributed by atoms with Crippen molar-refractivity contribution in [3.63, 3.8) is 0 Å². The van der Waals surface area contributed by atoms with E-state index in [-0.39, 0.29) is 11.9 Å². The van der Waals surface area contributed by atoms with E-state index in [0.717, 1.165) is 47.3 Å². The topological polar surface area (TPSA) is 75.9 Å². The minimum absolute atomic E-state index is 0.0238. The van der Waals surface area contributed by atoms with Crippen molar-refractivity contribution < 1.29 is 4.79 Å². The van der Waals surface area contributed by atoms with Crippen LogP contribution >= 0.6 is 11.3 Å². The predicted octanol–water partition coefficient (Wildman–Crippen LogP) is 2.43. The van der Waals surface area contributed by atoms with Gasteiger partial charge in [0.2, 0.25) is 5.95 Å². The molecule has 1 fully saturated rings. The highest BCUT2D eigenvalue weighted by atomic mass is 32.1. The minimum Gasteiger partial charge on any atom is -0.348 e. The molecule has 26 heavy (non-hydrogen) atoms. The van der Waals surface area contributed by atoms with Crippen LogP contribution in [0, 0.1) is 6.92 Å². The third-order valence-electron chi connectivity index (χ3n) is 4.53. The fourth-order valence-electron chi connectivity index (χ4n) is 3.15. The minimum atomic E-state index is 0.0238. The highest BCUT2D eigenvalue weighted by Gasteiger charge is 2.25. The Morgan fingerprint density at radius 3 is 2.62 bits per heavy atom. The number of nitrogens with zero attached hydrogens (tertiary/aromatic N) is 5. The first-order chi connectivity index (χ1) is 12.7. The van der Waals surface area contributed by atoms with Crippen molar-refractivity contribution in [3.8, 4) is 5.69 Å². The zero-order chi connectivity index (χ0) is 17.9. The number of hydrogen-bond donors (Lipinski definition) is 1. The van der Waals surface area contributed by atoms with Crippen LogP contribution in [0.3, 0.4) is 0 Å². The number of amides is 1. The van der Waals surface area contributed by atoms with E-state index in [0.29, 0.717) is 0 Å². The van der Waals surface area contributed by atoms with E-state index >= 15 is 0 Å². The van der Waals surface area contributed by atoms with E-state index in [9.17, 15) is 4.79 Å². The fraction of sp³-hybridized carbons (Fsp3) is 0.333. The van der Waals surface area contributed by atoms with Gasteiger partial charge in [-0.15, -0.1) is 11.3 Å². The van der Waals surface area contributed by atoms with Crippen molar-refractivity contribution in [3.05, 3.63) is 52.2 Å². The lowest BCUT2D eigenvalue weighted by Crippen LogP contribution is -2.45. The summed E-state index contributed by atoms with van der Waals surface area (Å²) in [5.41, 5.74) is 0.941. The van der Waals surface area contributed by atoms with Gasteiger partial charge in [0.15, 0.2) is 0 Å². The highest BCUT2D eigenvalue weighted by molar-refractivity contribution is 7.13. The lowest BCUT2D eigenvalue weighted by atomic mass is 10.1. The number of carbonyl (C=O) groups is 1. The normalized spacial score (nSPS) is 15.2. The molecule has 1 amide bonds. The zero-order valence-electron chi connectivity index (χ0n) is 14.5.